The third kappa shape index (κ3) is 5.29. The molecule has 206 valence electrons. The van der Waals surface area contributed by atoms with E-state index in [1.807, 2.05) is 23.9 Å². The summed E-state index contributed by atoms with van der Waals surface area (Å²) in [4.78, 5) is 39.7. The number of fused-ring (bicyclic) bond motifs is 1. The van der Waals surface area contributed by atoms with Crippen LogP contribution in [0.4, 0.5) is 0 Å². The number of amides is 3. The first-order valence-electron chi connectivity index (χ1n) is 15.0. The second-order valence-electron chi connectivity index (χ2n) is 12.8. The van der Waals surface area contributed by atoms with E-state index in [4.69, 9.17) is 11.6 Å². The Morgan fingerprint density at radius 3 is 2.47 bits per heavy atom. The highest BCUT2D eigenvalue weighted by Crippen LogP contribution is 2.63. The number of nitrogens with one attached hydrogen (secondary N) is 1. The molecule has 3 atom stereocenters. The molecule has 0 radical (unpaired) electrons. The van der Waals surface area contributed by atoms with Gasteiger partial charge in [-0.25, -0.2) is 0 Å². The van der Waals surface area contributed by atoms with Crippen molar-refractivity contribution in [3.05, 3.63) is 29.3 Å². The number of halogens is 1. The lowest BCUT2D eigenvalue weighted by molar-refractivity contribution is -0.136. The van der Waals surface area contributed by atoms with Crippen LogP contribution in [0.1, 0.15) is 106 Å². The normalized spacial score (nSPS) is 33.7. The minimum atomic E-state index is -0.550. The van der Waals surface area contributed by atoms with Crippen LogP contribution in [0, 0.1) is 23.2 Å². The first-order chi connectivity index (χ1) is 18.4. The molecule has 0 aromatic heterocycles. The van der Waals surface area contributed by atoms with Crippen LogP contribution < -0.4 is 5.32 Å². The molecule has 7 rings (SSSR count). The number of carbonyl (C=O) groups is 3. The second-order valence-corrected chi connectivity index (χ2v) is 14.5. The van der Waals surface area contributed by atoms with Crippen molar-refractivity contribution in [1.82, 2.24) is 10.2 Å². The zero-order valence-corrected chi connectivity index (χ0v) is 24.0. The largest absolute Gasteiger partial charge is 0.322 e. The maximum Gasteiger partial charge on any atom is 0.255 e. The van der Waals surface area contributed by atoms with Crippen LogP contribution in [0.15, 0.2) is 23.1 Å². The quantitative estimate of drug-likeness (QED) is 0.142. The summed E-state index contributed by atoms with van der Waals surface area (Å²) in [6.07, 6.45) is 17.1. The number of nitrogens with zero attached hydrogens (tertiary/aromatic N) is 1. The molecule has 0 spiro atoms. The Morgan fingerprint density at radius 2 is 1.71 bits per heavy atom. The Bertz CT molecular complexity index is 1080. The minimum absolute atomic E-state index is 0.0898. The lowest BCUT2D eigenvalue weighted by atomic mass is 9.48. The topological polar surface area (TPSA) is 66.5 Å². The summed E-state index contributed by atoms with van der Waals surface area (Å²) < 4.78 is 0. The lowest BCUT2D eigenvalue weighted by Crippen LogP contribution is -2.52. The molecule has 1 aromatic carbocycles. The molecule has 1 saturated heterocycles. The molecule has 2 heterocycles. The Kier molecular flexibility index (Phi) is 7.83. The molecule has 1 N–H and O–H groups in total. The molecular formula is C31H41ClN2O3S. The molecule has 5 nitrogen and oxygen atoms in total. The highest BCUT2D eigenvalue weighted by Gasteiger charge is 2.54. The molecule has 38 heavy (non-hydrogen) atoms. The summed E-state index contributed by atoms with van der Waals surface area (Å²) in [5.41, 5.74) is 2.39. The van der Waals surface area contributed by atoms with Gasteiger partial charge in [0.1, 0.15) is 6.04 Å². The number of carbonyl (C=O) groups excluding carboxylic acids is 3. The van der Waals surface area contributed by atoms with Gasteiger partial charge in [-0.1, -0.05) is 38.2 Å². The highest BCUT2D eigenvalue weighted by molar-refractivity contribution is 7.99. The van der Waals surface area contributed by atoms with Crippen molar-refractivity contribution in [3.8, 4) is 0 Å². The highest BCUT2D eigenvalue weighted by atomic mass is 35.5. The summed E-state index contributed by atoms with van der Waals surface area (Å²) in [6, 6.07) is 5.36. The second kappa shape index (κ2) is 11.2. The molecule has 3 unspecified atom stereocenters. The van der Waals surface area contributed by atoms with Crippen LogP contribution in [0.3, 0.4) is 0 Å². The van der Waals surface area contributed by atoms with Crippen molar-refractivity contribution < 1.29 is 14.4 Å². The van der Waals surface area contributed by atoms with E-state index in [2.05, 4.69) is 11.4 Å². The fourth-order valence-corrected chi connectivity index (χ4v) is 10.1. The number of piperidine rings is 1. The number of benzene rings is 1. The maximum atomic E-state index is 13.0. The zero-order chi connectivity index (χ0) is 26.3. The zero-order valence-electron chi connectivity index (χ0n) is 22.4. The Morgan fingerprint density at radius 1 is 0.974 bits per heavy atom. The Hall–Kier alpha value is -1.53. The van der Waals surface area contributed by atoms with E-state index in [0.29, 0.717) is 29.3 Å². The SMILES string of the molecule is O=C1CCC(N2Cc3c(SCCCCCCCCC45CC6CC(C4)C(Cl)C(C6)C5)cccc3C2=O)C(=O)N1. The molecular weight excluding hydrogens is 516 g/mol. The summed E-state index contributed by atoms with van der Waals surface area (Å²) in [5, 5.41) is 2.86. The number of hydrogen-bond donors (Lipinski definition) is 1. The van der Waals surface area contributed by atoms with Crippen LogP contribution in [0.25, 0.3) is 0 Å². The first kappa shape index (κ1) is 26.7. The molecule has 1 aromatic rings. The summed E-state index contributed by atoms with van der Waals surface area (Å²) in [6.45, 7) is 0.457. The predicted octanol–water partition coefficient (Wildman–Crippen LogP) is 6.70. The number of thioether (sulfide) groups is 1. The van der Waals surface area contributed by atoms with Crippen molar-refractivity contribution in [1.29, 1.82) is 0 Å². The van der Waals surface area contributed by atoms with Gasteiger partial charge in [-0.15, -0.1) is 23.4 Å². The molecule has 4 aliphatic carbocycles. The fourth-order valence-electron chi connectivity index (χ4n) is 8.62. The number of rotatable bonds is 11. The van der Waals surface area contributed by atoms with Crippen LogP contribution in [-0.2, 0) is 16.1 Å². The summed E-state index contributed by atoms with van der Waals surface area (Å²) >= 11 is 8.59. The van der Waals surface area contributed by atoms with E-state index >= 15 is 0 Å². The van der Waals surface area contributed by atoms with E-state index in [1.54, 1.807) is 4.90 Å². The number of alkyl halides is 1. The fraction of sp³-hybridized carbons (Fsp3) is 0.710. The molecule has 2 aliphatic heterocycles. The first-order valence-corrected chi connectivity index (χ1v) is 16.4. The summed E-state index contributed by atoms with van der Waals surface area (Å²) in [5.74, 6) is 2.96. The Labute approximate surface area is 236 Å². The van der Waals surface area contributed by atoms with Crippen LogP contribution in [0.2, 0.25) is 0 Å². The average Bonchev–Trinajstić information content (AvgIpc) is 3.22. The van der Waals surface area contributed by atoms with Gasteiger partial charge in [-0.05, 0) is 98.0 Å². The van der Waals surface area contributed by atoms with Gasteiger partial charge in [0.25, 0.3) is 5.91 Å². The van der Waals surface area contributed by atoms with Gasteiger partial charge in [-0.3, -0.25) is 19.7 Å². The van der Waals surface area contributed by atoms with Gasteiger partial charge < -0.3 is 4.90 Å². The van der Waals surface area contributed by atoms with Gasteiger partial charge >= 0.3 is 0 Å². The van der Waals surface area contributed by atoms with Crippen molar-refractivity contribution in [2.24, 2.45) is 23.2 Å². The molecule has 4 bridgehead atoms. The van der Waals surface area contributed by atoms with Crippen LogP contribution >= 0.6 is 23.4 Å². The number of imide groups is 1. The maximum absolute atomic E-state index is 13.0. The molecule has 6 aliphatic rings. The van der Waals surface area contributed by atoms with Crippen LogP contribution in [0.5, 0.6) is 0 Å². The van der Waals surface area contributed by atoms with Gasteiger partial charge in [0.2, 0.25) is 11.8 Å². The van der Waals surface area contributed by atoms with Gasteiger partial charge in [0.15, 0.2) is 0 Å². The lowest BCUT2D eigenvalue weighted by Gasteiger charge is -2.59. The monoisotopic (exact) mass is 556 g/mol. The van der Waals surface area contributed by atoms with E-state index in [0.717, 1.165) is 34.0 Å². The van der Waals surface area contributed by atoms with Crippen molar-refractivity contribution in [2.45, 2.75) is 113 Å². The standard InChI is InChI=1S/C31H41ClN2O3S/c32-28-21-14-20-15-22(28)18-31(16-20,17-21)12-5-3-1-2-4-6-13-38-26-9-7-8-23-24(26)19-34(30(23)37)25-10-11-27(35)33-29(25)36/h7-9,20-22,25,28H,1-6,10-19H2,(H,33,35,36). The average molecular weight is 557 g/mol. The van der Waals surface area contributed by atoms with Crippen molar-refractivity contribution in [2.75, 3.05) is 5.75 Å². The van der Waals surface area contributed by atoms with Crippen LogP contribution in [-0.4, -0.2) is 39.8 Å². The van der Waals surface area contributed by atoms with Gasteiger partial charge in [-0.2, -0.15) is 0 Å². The van der Waals surface area contributed by atoms with E-state index in [-0.39, 0.29) is 24.1 Å². The van der Waals surface area contributed by atoms with E-state index < -0.39 is 6.04 Å². The molecule has 4 saturated carbocycles. The molecule has 5 fully saturated rings. The predicted molar refractivity (Wildman–Crippen MR) is 151 cm³/mol. The summed E-state index contributed by atoms with van der Waals surface area (Å²) in [7, 11) is 0. The molecule has 7 heteroatoms. The molecule has 3 amide bonds. The smallest absolute Gasteiger partial charge is 0.255 e. The third-order valence-electron chi connectivity index (χ3n) is 10.2. The van der Waals surface area contributed by atoms with Crippen molar-refractivity contribution in [3.63, 3.8) is 0 Å². The third-order valence-corrected chi connectivity index (χ3v) is 12.1. The number of hydrogen-bond acceptors (Lipinski definition) is 4. The van der Waals surface area contributed by atoms with Gasteiger partial charge in [0, 0.05) is 28.8 Å². The van der Waals surface area contributed by atoms with E-state index in [9.17, 15) is 14.4 Å². The van der Waals surface area contributed by atoms with Gasteiger partial charge in [0.05, 0.1) is 0 Å². The van der Waals surface area contributed by atoms with Crippen molar-refractivity contribution >= 4 is 41.1 Å². The van der Waals surface area contributed by atoms with E-state index in [1.165, 1.54) is 77.0 Å². The Balaban J connectivity index is 0.895. The minimum Gasteiger partial charge on any atom is -0.322 e. The number of unbranched alkanes of at least 4 members (excludes halogenated alkanes) is 5.